The highest BCUT2D eigenvalue weighted by molar-refractivity contribution is 5.82. The molecule has 266 valence electrons. The Hall–Kier alpha value is -6.67. The standard InChI is InChI=1S/C22H18FN7O.C17H16FN3O/c1-2-15(28-20-18-19(25-11-24-18)26-12-27-20)21-29-16-10-6-9-14(23)17(16)22(31)30(21)13-7-4-3-5-8-13;1-2-13(19)16-20-14-10-6-9-12(18)15(14)17(22)21(16)11-7-4-3-5-8-11/h3-12,15H,2H2,1H3,(H2,24,25,26,27,28);3-10,13H,2,19H2,1H3/t15-;13-/m00/s1. The zero-order valence-electron chi connectivity index (χ0n) is 28.7. The molecule has 0 radical (unpaired) electrons. The number of imidazole rings is 1. The molecule has 0 spiro atoms. The predicted molar refractivity (Wildman–Crippen MR) is 200 cm³/mol. The number of anilines is 1. The quantitative estimate of drug-likeness (QED) is 0.156. The summed E-state index contributed by atoms with van der Waals surface area (Å²) in [5.41, 5.74) is 8.27. The van der Waals surface area contributed by atoms with Crippen LogP contribution in [0.15, 0.2) is 119 Å². The number of fused-ring (bicyclic) bond motifs is 3. The number of hydrogen-bond acceptors (Lipinski definition) is 9. The summed E-state index contributed by atoms with van der Waals surface area (Å²) in [5, 5.41) is 3.30. The number of halogens is 2. The molecule has 53 heavy (non-hydrogen) atoms. The number of nitrogens with one attached hydrogen (secondary N) is 2. The minimum Gasteiger partial charge on any atom is -0.358 e. The van der Waals surface area contributed by atoms with Crippen LogP contribution in [0.5, 0.6) is 0 Å². The first-order valence-corrected chi connectivity index (χ1v) is 17.0. The van der Waals surface area contributed by atoms with Crippen LogP contribution in [-0.4, -0.2) is 39.0 Å². The number of hydrogen-bond donors (Lipinski definition) is 3. The molecule has 8 aromatic rings. The van der Waals surface area contributed by atoms with E-state index in [-0.39, 0.29) is 16.8 Å². The van der Waals surface area contributed by atoms with Crippen molar-refractivity contribution < 1.29 is 8.78 Å². The zero-order chi connectivity index (χ0) is 37.1. The first kappa shape index (κ1) is 34.8. The monoisotopic (exact) mass is 712 g/mol. The van der Waals surface area contributed by atoms with Crippen molar-refractivity contribution in [1.29, 1.82) is 0 Å². The number of H-pyrrole nitrogens is 1. The number of benzene rings is 4. The van der Waals surface area contributed by atoms with Crippen molar-refractivity contribution in [2.24, 2.45) is 5.73 Å². The van der Waals surface area contributed by atoms with Crippen molar-refractivity contribution in [2.75, 3.05) is 5.32 Å². The van der Waals surface area contributed by atoms with Crippen LogP contribution in [0.2, 0.25) is 0 Å². The van der Waals surface area contributed by atoms with Crippen LogP contribution in [0.25, 0.3) is 44.3 Å². The van der Waals surface area contributed by atoms with E-state index in [4.69, 9.17) is 10.7 Å². The van der Waals surface area contributed by atoms with Gasteiger partial charge in [-0.15, -0.1) is 0 Å². The molecule has 0 saturated carbocycles. The van der Waals surface area contributed by atoms with Crippen molar-refractivity contribution in [3.63, 3.8) is 0 Å². The van der Waals surface area contributed by atoms with Gasteiger partial charge in [0, 0.05) is 0 Å². The second-order valence-electron chi connectivity index (χ2n) is 12.1. The van der Waals surface area contributed by atoms with Crippen LogP contribution in [0.1, 0.15) is 50.4 Å². The Morgan fingerprint density at radius 3 is 1.79 bits per heavy atom. The van der Waals surface area contributed by atoms with Gasteiger partial charge in [0.05, 0.1) is 40.8 Å². The number of rotatable bonds is 8. The zero-order valence-corrected chi connectivity index (χ0v) is 28.7. The molecule has 2 atom stereocenters. The topological polar surface area (TPSA) is 162 Å². The Bertz CT molecular complexity index is 2680. The number of aromatic nitrogens is 8. The molecule has 12 nitrogen and oxygen atoms in total. The molecule has 0 aliphatic carbocycles. The van der Waals surface area contributed by atoms with E-state index in [1.807, 2.05) is 50.2 Å². The first-order chi connectivity index (χ1) is 25.8. The summed E-state index contributed by atoms with van der Waals surface area (Å²) >= 11 is 0. The summed E-state index contributed by atoms with van der Waals surface area (Å²) in [6.07, 6.45) is 4.19. The van der Waals surface area contributed by atoms with E-state index in [0.717, 1.165) is 0 Å². The van der Waals surface area contributed by atoms with E-state index in [0.29, 0.717) is 63.9 Å². The predicted octanol–water partition coefficient (Wildman–Crippen LogP) is 6.69. The van der Waals surface area contributed by atoms with Gasteiger partial charge in [0.15, 0.2) is 11.5 Å². The van der Waals surface area contributed by atoms with Gasteiger partial charge in [-0.1, -0.05) is 62.4 Å². The molecule has 0 amide bonds. The first-order valence-electron chi connectivity index (χ1n) is 17.0. The molecule has 0 saturated heterocycles. The van der Waals surface area contributed by atoms with Gasteiger partial charge >= 0.3 is 0 Å². The second kappa shape index (κ2) is 14.9. The summed E-state index contributed by atoms with van der Waals surface area (Å²) in [6, 6.07) is 26.2. The van der Waals surface area contributed by atoms with Crippen molar-refractivity contribution in [3.05, 3.63) is 154 Å². The lowest BCUT2D eigenvalue weighted by Gasteiger charge is -2.22. The molecule has 0 fully saturated rings. The van der Waals surface area contributed by atoms with E-state index in [1.54, 1.807) is 48.8 Å². The molecule has 14 heteroatoms. The Balaban J connectivity index is 0.000000174. The van der Waals surface area contributed by atoms with Gasteiger partial charge in [-0.3, -0.25) is 18.7 Å². The van der Waals surface area contributed by atoms with Crippen molar-refractivity contribution >= 4 is 38.8 Å². The van der Waals surface area contributed by atoms with Gasteiger partial charge in [-0.2, -0.15) is 0 Å². The fourth-order valence-electron chi connectivity index (χ4n) is 6.12. The minimum absolute atomic E-state index is 0.0154. The molecule has 4 aromatic heterocycles. The lowest BCUT2D eigenvalue weighted by atomic mass is 10.1. The number of nitrogens with zero attached hydrogens (tertiary/aromatic N) is 7. The highest BCUT2D eigenvalue weighted by atomic mass is 19.1. The Kier molecular flexibility index (Phi) is 9.77. The highest BCUT2D eigenvalue weighted by Gasteiger charge is 2.23. The van der Waals surface area contributed by atoms with Crippen LogP contribution in [0.4, 0.5) is 14.6 Å². The molecule has 0 unspecified atom stereocenters. The van der Waals surface area contributed by atoms with Crippen LogP contribution >= 0.6 is 0 Å². The van der Waals surface area contributed by atoms with Crippen LogP contribution < -0.4 is 22.2 Å². The fourth-order valence-corrected chi connectivity index (χ4v) is 6.12. The molecule has 0 bridgehead atoms. The largest absolute Gasteiger partial charge is 0.358 e. The summed E-state index contributed by atoms with van der Waals surface area (Å²) in [4.78, 5) is 51.0. The van der Waals surface area contributed by atoms with E-state index in [1.165, 1.54) is 33.7 Å². The maximum atomic E-state index is 14.5. The molecule has 4 N–H and O–H groups in total. The molecule has 4 aromatic carbocycles. The molecule has 8 rings (SSSR count). The molecule has 4 heterocycles. The Labute approximate surface area is 301 Å². The summed E-state index contributed by atoms with van der Waals surface area (Å²) < 4.78 is 31.5. The number of aromatic amines is 1. The number of nitrogens with two attached hydrogens (primary N) is 1. The Morgan fingerprint density at radius 2 is 1.25 bits per heavy atom. The van der Waals surface area contributed by atoms with Crippen molar-refractivity contribution in [1.82, 2.24) is 39.0 Å². The third-order valence-electron chi connectivity index (χ3n) is 8.80. The fraction of sp³-hybridized carbons (Fsp3) is 0.154. The van der Waals surface area contributed by atoms with Gasteiger partial charge in [0.25, 0.3) is 11.1 Å². The van der Waals surface area contributed by atoms with E-state index < -0.39 is 28.8 Å². The van der Waals surface area contributed by atoms with E-state index >= 15 is 0 Å². The third kappa shape index (κ3) is 6.63. The molecule has 0 aliphatic heterocycles. The maximum absolute atomic E-state index is 14.5. The smallest absolute Gasteiger partial charge is 0.269 e. The SMILES string of the molecule is CC[C@H](N)c1nc2cccc(F)c2c(=O)n1-c1ccccc1.CC[C@H](Nc1ncnc2nc[nH]c12)c1nc2cccc(F)c2c(=O)n1-c1ccccc1. The lowest BCUT2D eigenvalue weighted by molar-refractivity contribution is 0.614. The van der Waals surface area contributed by atoms with E-state index in [2.05, 4.69) is 30.2 Å². The summed E-state index contributed by atoms with van der Waals surface area (Å²) in [5.74, 6) is 0.279. The molecular weight excluding hydrogens is 678 g/mol. The summed E-state index contributed by atoms with van der Waals surface area (Å²) in [6.45, 7) is 3.89. The molecular formula is C39H34F2N10O2. The van der Waals surface area contributed by atoms with Gasteiger partial charge in [0.1, 0.15) is 45.9 Å². The lowest BCUT2D eigenvalue weighted by Crippen LogP contribution is -2.28. The average Bonchev–Trinajstić information content (AvgIpc) is 3.67. The van der Waals surface area contributed by atoms with Gasteiger partial charge < -0.3 is 16.0 Å². The van der Waals surface area contributed by atoms with Gasteiger partial charge in [0.2, 0.25) is 0 Å². The van der Waals surface area contributed by atoms with Gasteiger partial charge in [-0.25, -0.2) is 33.7 Å². The van der Waals surface area contributed by atoms with Gasteiger partial charge in [-0.05, 0) is 61.4 Å². The average molecular weight is 713 g/mol. The number of para-hydroxylation sites is 2. The highest BCUT2D eigenvalue weighted by Crippen LogP contribution is 2.27. The third-order valence-corrected chi connectivity index (χ3v) is 8.80. The molecule has 0 aliphatic rings. The minimum atomic E-state index is -0.595. The van der Waals surface area contributed by atoms with Crippen LogP contribution in [-0.2, 0) is 0 Å². The normalized spacial score (nSPS) is 12.4. The summed E-state index contributed by atoms with van der Waals surface area (Å²) in [7, 11) is 0. The second-order valence-corrected chi connectivity index (χ2v) is 12.1. The van der Waals surface area contributed by atoms with Crippen LogP contribution in [0, 0.1) is 11.6 Å². The van der Waals surface area contributed by atoms with Crippen LogP contribution in [0.3, 0.4) is 0 Å². The Morgan fingerprint density at radius 1 is 0.698 bits per heavy atom. The van der Waals surface area contributed by atoms with E-state index in [9.17, 15) is 18.4 Å². The maximum Gasteiger partial charge on any atom is 0.269 e. The van der Waals surface area contributed by atoms with Crippen molar-refractivity contribution in [3.8, 4) is 11.4 Å². The van der Waals surface area contributed by atoms with Crippen molar-refractivity contribution in [2.45, 2.75) is 38.8 Å².